The highest BCUT2D eigenvalue weighted by atomic mass is 79.9. The van der Waals surface area contributed by atoms with E-state index in [2.05, 4.69) is 44.5 Å². The highest BCUT2D eigenvalue weighted by Gasteiger charge is 2.18. The van der Waals surface area contributed by atoms with Crippen LogP contribution in [0.25, 0.3) is 0 Å². The summed E-state index contributed by atoms with van der Waals surface area (Å²) in [7, 11) is 0. The lowest BCUT2D eigenvalue weighted by Gasteiger charge is -2.22. The van der Waals surface area contributed by atoms with Crippen molar-refractivity contribution in [3.63, 3.8) is 0 Å². The van der Waals surface area contributed by atoms with Crippen LogP contribution in [0.3, 0.4) is 0 Å². The van der Waals surface area contributed by atoms with E-state index in [0.717, 1.165) is 36.4 Å². The van der Waals surface area contributed by atoms with Gasteiger partial charge in [0.2, 0.25) is 0 Å². The van der Waals surface area contributed by atoms with Crippen LogP contribution < -0.4 is 0 Å². The molecule has 2 heterocycles. The molecule has 0 spiro atoms. The molecule has 1 atom stereocenters. The SMILES string of the molecule is CC(C)n1c(CBr)nnc1CCC1CCCCO1. The normalized spacial score (nSPS) is 20.6. The molecule has 5 heteroatoms. The molecule has 102 valence electrons. The fraction of sp³-hybridized carbons (Fsp3) is 0.846. The number of nitrogens with zero attached hydrogens (tertiary/aromatic N) is 3. The fourth-order valence-corrected chi connectivity index (χ4v) is 2.93. The number of alkyl halides is 1. The maximum absolute atomic E-state index is 5.77. The molecule has 0 saturated carbocycles. The van der Waals surface area contributed by atoms with Crippen molar-refractivity contribution in [2.75, 3.05) is 6.61 Å². The molecule has 1 unspecified atom stereocenters. The van der Waals surface area contributed by atoms with Crippen LogP contribution in [0.4, 0.5) is 0 Å². The van der Waals surface area contributed by atoms with Gasteiger partial charge in [-0.3, -0.25) is 0 Å². The van der Waals surface area contributed by atoms with Crippen LogP contribution >= 0.6 is 15.9 Å². The second-order valence-corrected chi connectivity index (χ2v) is 5.72. The summed E-state index contributed by atoms with van der Waals surface area (Å²) >= 11 is 3.47. The molecule has 18 heavy (non-hydrogen) atoms. The van der Waals surface area contributed by atoms with Gasteiger partial charge in [-0.05, 0) is 39.5 Å². The van der Waals surface area contributed by atoms with Crippen LogP contribution in [0.2, 0.25) is 0 Å². The first-order chi connectivity index (χ1) is 8.72. The first-order valence-electron chi connectivity index (χ1n) is 6.82. The van der Waals surface area contributed by atoms with Gasteiger partial charge in [0, 0.05) is 19.1 Å². The highest BCUT2D eigenvalue weighted by molar-refractivity contribution is 9.08. The molecule has 2 rings (SSSR count). The first-order valence-corrected chi connectivity index (χ1v) is 7.94. The van der Waals surface area contributed by atoms with Gasteiger partial charge < -0.3 is 9.30 Å². The third kappa shape index (κ3) is 3.32. The second kappa shape index (κ2) is 6.66. The molecule has 0 amide bonds. The molecule has 4 nitrogen and oxygen atoms in total. The first kappa shape index (κ1) is 14.0. The summed E-state index contributed by atoms with van der Waals surface area (Å²) in [6, 6.07) is 0.412. The predicted octanol–water partition coefficient (Wildman–Crippen LogP) is 3.26. The third-order valence-corrected chi connectivity index (χ3v) is 3.94. The lowest BCUT2D eigenvalue weighted by atomic mass is 10.0. The van der Waals surface area contributed by atoms with Gasteiger partial charge in [-0.2, -0.15) is 0 Å². The van der Waals surface area contributed by atoms with E-state index in [4.69, 9.17) is 4.74 Å². The lowest BCUT2D eigenvalue weighted by Crippen LogP contribution is -2.20. The Morgan fingerprint density at radius 2 is 2.11 bits per heavy atom. The van der Waals surface area contributed by atoms with Gasteiger partial charge in [0.05, 0.1) is 11.4 Å². The number of halogens is 1. The minimum atomic E-state index is 0.412. The number of aryl methyl sites for hydroxylation is 1. The van der Waals surface area contributed by atoms with Crippen molar-refractivity contribution in [1.29, 1.82) is 0 Å². The Balaban J connectivity index is 1.97. The zero-order valence-electron chi connectivity index (χ0n) is 11.2. The van der Waals surface area contributed by atoms with Gasteiger partial charge in [0.1, 0.15) is 11.6 Å². The van der Waals surface area contributed by atoms with Crippen LogP contribution in [-0.4, -0.2) is 27.5 Å². The standard InChI is InChI=1S/C13H22BrN3O/c1-10(2)17-12(15-16-13(17)9-14)7-6-11-5-3-4-8-18-11/h10-11H,3-9H2,1-2H3. The molecule has 1 aliphatic heterocycles. The number of ether oxygens (including phenoxy) is 1. The zero-order chi connectivity index (χ0) is 13.0. The maximum Gasteiger partial charge on any atom is 0.143 e. The summed E-state index contributed by atoms with van der Waals surface area (Å²) in [5, 5.41) is 9.33. The van der Waals surface area contributed by atoms with E-state index >= 15 is 0 Å². The van der Waals surface area contributed by atoms with Gasteiger partial charge in [-0.15, -0.1) is 10.2 Å². The molecule has 1 saturated heterocycles. The monoisotopic (exact) mass is 315 g/mol. The Bertz CT molecular complexity index is 372. The molecule has 1 aromatic rings. The van der Waals surface area contributed by atoms with Gasteiger partial charge in [0.15, 0.2) is 0 Å². The van der Waals surface area contributed by atoms with E-state index in [0.29, 0.717) is 12.1 Å². The second-order valence-electron chi connectivity index (χ2n) is 5.16. The summed E-state index contributed by atoms with van der Waals surface area (Å²) in [5.74, 6) is 2.11. The zero-order valence-corrected chi connectivity index (χ0v) is 12.8. The quantitative estimate of drug-likeness (QED) is 0.783. The minimum Gasteiger partial charge on any atom is -0.378 e. The van der Waals surface area contributed by atoms with E-state index in [9.17, 15) is 0 Å². The van der Waals surface area contributed by atoms with E-state index < -0.39 is 0 Å². The van der Waals surface area contributed by atoms with Crippen molar-refractivity contribution in [2.45, 2.75) is 63.4 Å². The summed E-state index contributed by atoms with van der Waals surface area (Å²) in [6.45, 7) is 5.28. The van der Waals surface area contributed by atoms with Crippen molar-refractivity contribution < 1.29 is 4.74 Å². The van der Waals surface area contributed by atoms with Gasteiger partial charge in [0.25, 0.3) is 0 Å². The number of hydrogen-bond donors (Lipinski definition) is 0. The molecule has 0 aliphatic carbocycles. The van der Waals surface area contributed by atoms with E-state index in [1.54, 1.807) is 0 Å². The Morgan fingerprint density at radius 1 is 1.33 bits per heavy atom. The average molecular weight is 316 g/mol. The molecule has 0 N–H and O–H groups in total. The van der Waals surface area contributed by atoms with Crippen LogP contribution in [0.1, 0.15) is 57.2 Å². The van der Waals surface area contributed by atoms with Gasteiger partial charge in [-0.25, -0.2) is 0 Å². The number of aromatic nitrogens is 3. The van der Waals surface area contributed by atoms with Crippen molar-refractivity contribution in [1.82, 2.24) is 14.8 Å². The number of hydrogen-bond acceptors (Lipinski definition) is 3. The number of rotatable bonds is 5. The summed E-state index contributed by atoms with van der Waals surface area (Å²) in [4.78, 5) is 0. The molecular weight excluding hydrogens is 294 g/mol. The van der Waals surface area contributed by atoms with Gasteiger partial charge in [-0.1, -0.05) is 15.9 Å². The third-order valence-electron chi connectivity index (χ3n) is 3.44. The molecular formula is C13H22BrN3O. The average Bonchev–Trinajstić information content (AvgIpc) is 2.80. The predicted molar refractivity (Wildman–Crippen MR) is 75.0 cm³/mol. The van der Waals surface area contributed by atoms with E-state index in [-0.39, 0.29) is 0 Å². The summed E-state index contributed by atoms with van der Waals surface area (Å²) in [6.07, 6.45) is 6.15. The van der Waals surface area contributed by atoms with Crippen molar-refractivity contribution in [2.24, 2.45) is 0 Å². The Kier molecular flexibility index (Phi) is 5.18. The minimum absolute atomic E-state index is 0.412. The van der Waals surface area contributed by atoms with Crippen molar-refractivity contribution in [3.05, 3.63) is 11.6 Å². The molecule has 0 radical (unpaired) electrons. The molecule has 1 aliphatic rings. The van der Waals surface area contributed by atoms with Gasteiger partial charge >= 0.3 is 0 Å². The summed E-state index contributed by atoms with van der Waals surface area (Å²) in [5.41, 5.74) is 0. The largest absolute Gasteiger partial charge is 0.378 e. The van der Waals surface area contributed by atoms with Crippen LogP contribution in [0, 0.1) is 0 Å². The highest BCUT2D eigenvalue weighted by Crippen LogP contribution is 2.20. The lowest BCUT2D eigenvalue weighted by molar-refractivity contribution is 0.0110. The Hall–Kier alpha value is -0.420. The topological polar surface area (TPSA) is 39.9 Å². The smallest absolute Gasteiger partial charge is 0.143 e. The summed E-state index contributed by atoms with van der Waals surface area (Å²) < 4.78 is 8.00. The Morgan fingerprint density at radius 3 is 2.72 bits per heavy atom. The van der Waals surface area contributed by atoms with E-state index in [1.807, 2.05) is 0 Å². The van der Waals surface area contributed by atoms with Crippen LogP contribution in [-0.2, 0) is 16.5 Å². The fourth-order valence-electron chi connectivity index (χ4n) is 2.54. The molecule has 0 bridgehead atoms. The van der Waals surface area contributed by atoms with Crippen LogP contribution in [0.5, 0.6) is 0 Å². The molecule has 0 aromatic carbocycles. The Labute approximate surface area is 117 Å². The van der Waals surface area contributed by atoms with Crippen molar-refractivity contribution >= 4 is 15.9 Å². The van der Waals surface area contributed by atoms with Crippen LogP contribution in [0.15, 0.2) is 0 Å². The van der Waals surface area contributed by atoms with Crippen molar-refractivity contribution in [3.8, 4) is 0 Å². The molecule has 1 fully saturated rings. The molecule has 1 aromatic heterocycles. The maximum atomic E-state index is 5.77. The van der Waals surface area contributed by atoms with E-state index in [1.165, 1.54) is 19.3 Å².